The topological polar surface area (TPSA) is 79.7 Å². The summed E-state index contributed by atoms with van der Waals surface area (Å²) in [6.45, 7) is 0.643. The minimum Gasteiger partial charge on any atom is -0.481 e. The number of aliphatic carboxylic acids is 1. The van der Waals surface area contributed by atoms with E-state index >= 15 is 0 Å². The molecule has 0 spiro atoms. The Hall–Kier alpha value is -2.73. The zero-order valence-electron chi connectivity index (χ0n) is 13.3. The standard InChI is InChI=1S/C18H18N2O4/c1-24-10-9-20-16(12-5-4-8-19-11-12)15(18(22)23)13-6-2-3-7-14(13)17(20)21/h2-8,11,15-16H,9-10H2,1H3,(H,22,23). The fraction of sp³-hybridized carbons (Fsp3) is 0.278. The smallest absolute Gasteiger partial charge is 0.313 e. The fourth-order valence-electron chi connectivity index (χ4n) is 3.22. The molecule has 1 amide bonds. The highest BCUT2D eigenvalue weighted by atomic mass is 16.5. The third-order valence-corrected chi connectivity index (χ3v) is 4.27. The van der Waals surface area contributed by atoms with Gasteiger partial charge in [0.15, 0.2) is 0 Å². The molecule has 1 N–H and O–H groups in total. The van der Waals surface area contributed by atoms with E-state index in [9.17, 15) is 14.7 Å². The van der Waals surface area contributed by atoms with E-state index < -0.39 is 17.9 Å². The molecule has 0 bridgehead atoms. The van der Waals surface area contributed by atoms with Crippen molar-refractivity contribution in [3.63, 3.8) is 0 Å². The van der Waals surface area contributed by atoms with Crippen LogP contribution in [0.1, 0.15) is 33.4 Å². The molecule has 2 unspecified atom stereocenters. The van der Waals surface area contributed by atoms with E-state index in [4.69, 9.17) is 4.74 Å². The zero-order chi connectivity index (χ0) is 17.1. The van der Waals surface area contributed by atoms with Crippen molar-refractivity contribution in [2.24, 2.45) is 0 Å². The molecule has 2 atom stereocenters. The van der Waals surface area contributed by atoms with Crippen molar-refractivity contribution in [2.75, 3.05) is 20.3 Å². The summed E-state index contributed by atoms with van der Waals surface area (Å²) in [5.74, 6) is -2.00. The minimum atomic E-state index is -0.966. The lowest BCUT2D eigenvalue weighted by Crippen LogP contribution is -2.46. The van der Waals surface area contributed by atoms with E-state index in [1.807, 2.05) is 0 Å². The number of carboxylic acids is 1. The zero-order valence-corrected chi connectivity index (χ0v) is 13.3. The lowest BCUT2D eigenvalue weighted by molar-refractivity contribution is -0.140. The first-order valence-corrected chi connectivity index (χ1v) is 7.66. The summed E-state index contributed by atoms with van der Waals surface area (Å²) in [7, 11) is 1.55. The Kier molecular flexibility index (Phi) is 4.57. The predicted octanol–water partition coefficient (Wildman–Crippen LogP) is 2.09. The minimum absolute atomic E-state index is 0.186. The molecule has 2 aromatic rings. The molecule has 1 aliphatic heterocycles. The maximum atomic E-state index is 12.9. The number of carbonyl (C=O) groups is 2. The molecular weight excluding hydrogens is 308 g/mol. The van der Waals surface area contributed by atoms with Crippen LogP contribution in [0.5, 0.6) is 0 Å². The van der Waals surface area contributed by atoms with Crippen LogP contribution in [-0.2, 0) is 9.53 Å². The lowest BCUT2D eigenvalue weighted by Gasteiger charge is -2.40. The van der Waals surface area contributed by atoms with E-state index in [0.717, 1.165) is 0 Å². The third-order valence-electron chi connectivity index (χ3n) is 4.27. The van der Waals surface area contributed by atoms with Gasteiger partial charge in [-0.2, -0.15) is 0 Å². The number of aromatic nitrogens is 1. The Morgan fingerprint density at radius 2 is 2.08 bits per heavy atom. The summed E-state index contributed by atoms with van der Waals surface area (Å²) < 4.78 is 5.10. The average Bonchev–Trinajstić information content (AvgIpc) is 2.61. The van der Waals surface area contributed by atoms with Crippen molar-refractivity contribution in [3.8, 4) is 0 Å². The van der Waals surface area contributed by atoms with Crippen LogP contribution >= 0.6 is 0 Å². The van der Waals surface area contributed by atoms with Gasteiger partial charge in [0.05, 0.1) is 12.6 Å². The predicted molar refractivity (Wildman–Crippen MR) is 86.7 cm³/mol. The number of amides is 1. The quantitative estimate of drug-likeness (QED) is 0.910. The molecule has 0 saturated heterocycles. The Bertz CT molecular complexity index is 748. The first-order chi connectivity index (χ1) is 11.6. The van der Waals surface area contributed by atoms with E-state index in [1.54, 1.807) is 60.8 Å². The van der Waals surface area contributed by atoms with Crippen molar-refractivity contribution < 1.29 is 19.4 Å². The summed E-state index contributed by atoms with van der Waals surface area (Å²) in [6, 6.07) is 9.81. The molecule has 124 valence electrons. The maximum absolute atomic E-state index is 12.9. The molecular formula is C18H18N2O4. The molecule has 1 aromatic carbocycles. The van der Waals surface area contributed by atoms with E-state index in [2.05, 4.69) is 4.98 Å². The van der Waals surface area contributed by atoms with Gasteiger partial charge in [-0.1, -0.05) is 24.3 Å². The second kappa shape index (κ2) is 6.80. The number of hydrogen-bond donors (Lipinski definition) is 1. The third kappa shape index (κ3) is 2.76. The van der Waals surface area contributed by atoms with E-state index in [1.165, 1.54) is 0 Å². The van der Waals surface area contributed by atoms with Gasteiger partial charge in [-0.3, -0.25) is 14.6 Å². The number of hydrogen-bond acceptors (Lipinski definition) is 4. The van der Waals surface area contributed by atoms with Crippen LogP contribution in [0.3, 0.4) is 0 Å². The van der Waals surface area contributed by atoms with Gasteiger partial charge in [0.2, 0.25) is 0 Å². The Morgan fingerprint density at radius 3 is 2.75 bits per heavy atom. The number of carbonyl (C=O) groups excluding carboxylic acids is 1. The summed E-state index contributed by atoms with van der Waals surface area (Å²) in [5.41, 5.74) is 1.67. The molecule has 6 heteroatoms. The van der Waals surface area contributed by atoms with Crippen LogP contribution in [-0.4, -0.2) is 47.1 Å². The molecule has 1 aromatic heterocycles. The number of carboxylic acid groups (broad SMARTS) is 1. The summed E-state index contributed by atoms with van der Waals surface area (Å²) in [5, 5.41) is 9.86. The van der Waals surface area contributed by atoms with Gasteiger partial charge >= 0.3 is 5.97 Å². The van der Waals surface area contributed by atoms with Crippen LogP contribution in [0.15, 0.2) is 48.8 Å². The highest BCUT2D eigenvalue weighted by Gasteiger charge is 2.44. The second-order valence-electron chi connectivity index (χ2n) is 5.63. The highest BCUT2D eigenvalue weighted by molar-refractivity contribution is 6.00. The van der Waals surface area contributed by atoms with Gasteiger partial charge in [0.1, 0.15) is 5.92 Å². The van der Waals surface area contributed by atoms with Gasteiger partial charge in [-0.25, -0.2) is 0 Å². The van der Waals surface area contributed by atoms with Crippen LogP contribution in [0.25, 0.3) is 0 Å². The van der Waals surface area contributed by atoms with Gasteiger partial charge in [0.25, 0.3) is 5.91 Å². The van der Waals surface area contributed by atoms with Gasteiger partial charge in [-0.15, -0.1) is 0 Å². The first-order valence-electron chi connectivity index (χ1n) is 7.66. The van der Waals surface area contributed by atoms with Crippen molar-refractivity contribution in [3.05, 3.63) is 65.5 Å². The largest absolute Gasteiger partial charge is 0.481 e. The second-order valence-corrected chi connectivity index (χ2v) is 5.63. The SMILES string of the molecule is COCCN1C(=O)c2ccccc2C(C(=O)O)C1c1cccnc1. The highest BCUT2D eigenvalue weighted by Crippen LogP contribution is 2.42. The Balaban J connectivity index is 2.16. The summed E-state index contributed by atoms with van der Waals surface area (Å²) >= 11 is 0. The van der Waals surface area contributed by atoms with Crippen molar-refractivity contribution in [2.45, 2.75) is 12.0 Å². The normalized spacial score (nSPS) is 19.9. The molecule has 0 saturated carbocycles. The van der Waals surface area contributed by atoms with Crippen molar-refractivity contribution in [1.82, 2.24) is 9.88 Å². The lowest BCUT2D eigenvalue weighted by atomic mass is 9.80. The molecule has 0 radical (unpaired) electrons. The number of methoxy groups -OCH3 is 1. The number of ether oxygens (including phenoxy) is 1. The number of rotatable bonds is 5. The van der Waals surface area contributed by atoms with E-state index in [0.29, 0.717) is 29.8 Å². The summed E-state index contributed by atoms with van der Waals surface area (Å²) in [4.78, 5) is 30.6. The number of fused-ring (bicyclic) bond motifs is 1. The van der Waals surface area contributed by atoms with Crippen molar-refractivity contribution in [1.29, 1.82) is 0 Å². The van der Waals surface area contributed by atoms with Gasteiger partial charge in [-0.05, 0) is 23.3 Å². The molecule has 0 fully saturated rings. The molecule has 6 nitrogen and oxygen atoms in total. The van der Waals surface area contributed by atoms with Gasteiger partial charge < -0.3 is 14.7 Å². The maximum Gasteiger partial charge on any atom is 0.313 e. The Morgan fingerprint density at radius 1 is 1.29 bits per heavy atom. The molecule has 2 heterocycles. The van der Waals surface area contributed by atoms with Crippen molar-refractivity contribution >= 4 is 11.9 Å². The number of benzene rings is 1. The number of nitrogens with zero attached hydrogens (tertiary/aromatic N) is 2. The van der Waals surface area contributed by atoms with E-state index in [-0.39, 0.29) is 5.91 Å². The van der Waals surface area contributed by atoms with Gasteiger partial charge in [0, 0.05) is 31.6 Å². The van der Waals surface area contributed by atoms with Crippen LogP contribution < -0.4 is 0 Å². The molecule has 3 rings (SSSR count). The monoisotopic (exact) mass is 326 g/mol. The molecule has 0 aliphatic carbocycles. The number of pyridine rings is 1. The fourth-order valence-corrected chi connectivity index (χ4v) is 3.22. The van der Waals surface area contributed by atoms with Crippen LogP contribution in [0, 0.1) is 0 Å². The molecule has 24 heavy (non-hydrogen) atoms. The summed E-state index contributed by atoms with van der Waals surface area (Å²) in [6.07, 6.45) is 3.24. The van der Waals surface area contributed by atoms with Crippen LogP contribution in [0.2, 0.25) is 0 Å². The van der Waals surface area contributed by atoms with Crippen LogP contribution in [0.4, 0.5) is 0 Å². The molecule has 1 aliphatic rings. The average molecular weight is 326 g/mol. The Labute approximate surface area is 139 Å². The first kappa shape index (κ1) is 16.1.